The molecule has 2 aromatic rings. The molecule has 0 heterocycles. The minimum absolute atomic E-state index is 1.08. The van der Waals surface area contributed by atoms with Gasteiger partial charge in [0.2, 0.25) is 0 Å². The summed E-state index contributed by atoms with van der Waals surface area (Å²) in [6.45, 7) is 0. The van der Waals surface area contributed by atoms with Crippen LogP contribution in [-0.4, -0.2) is 0 Å². The maximum absolute atomic E-state index is 4.00. The molecule has 0 saturated carbocycles. The quantitative estimate of drug-likeness (QED) is 0.679. The first-order valence-electron chi connectivity index (χ1n) is 4.34. The SMILES string of the molecule is [NH3+]c1ccccc1-c1ccccc1. The minimum Gasteiger partial charge on any atom is -0.325 e. The summed E-state index contributed by atoms with van der Waals surface area (Å²) in [5.74, 6) is 0. The summed E-state index contributed by atoms with van der Waals surface area (Å²) in [6, 6.07) is 18.5. The predicted molar refractivity (Wildman–Crippen MR) is 54.4 cm³/mol. The third-order valence-electron chi connectivity index (χ3n) is 2.10. The van der Waals surface area contributed by atoms with Gasteiger partial charge in [-0.15, -0.1) is 0 Å². The molecule has 0 aliphatic carbocycles. The fraction of sp³-hybridized carbons (Fsp3) is 0. The summed E-state index contributed by atoms with van der Waals surface area (Å²) in [4.78, 5) is 0. The molecule has 0 atom stereocenters. The van der Waals surface area contributed by atoms with Gasteiger partial charge in [0.05, 0.1) is 0 Å². The lowest BCUT2D eigenvalue weighted by Crippen LogP contribution is -2.40. The number of benzene rings is 2. The van der Waals surface area contributed by atoms with Gasteiger partial charge >= 0.3 is 0 Å². The van der Waals surface area contributed by atoms with Gasteiger partial charge in [0, 0.05) is 5.56 Å². The van der Waals surface area contributed by atoms with Crippen LogP contribution in [0.2, 0.25) is 0 Å². The van der Waals surface area contributed by atoms with Gasteiger partial charge in [0.1, 0.15) is 5.69 Å². The van der Waals surface area contributed by atoms with Gasteiger partial charge in [-0.05, 0) is 17.7 Å². The van der Waals surface area contributed by atoms with E-state index in [4.69, 9.17) is 0 Å². The molecule has 3 N–H and O–H groups in total. The molecule has 13 heavy (non-hydrogen) atoms. The van der Waals surface area contributed by atoms with Crippen molar-refractivity contribution in [3.63, 3.8) is 0 Å². The largest absolute Gasteiger partial charge is 0.325 e. The van der Waals surface area contributed by atoms with E-state index in [0.29, 0.717) is 0 Å². The van der Waals surface area contributed by atoms with Crippen LogP contribution in [-0.2, 0) is 0 Å². The van der Waals surface area contributed by atoms with Crippen molar-refractivity contribution < 1.29 is 5.73 Å². The van der Waals surface area contributed by atoms with Crippen LogP contribution in [0.5, 0.6) is 0 Å². The maximum atomic E-state index is 4.00. The summed E-state index contributed by atoms with van der Waals surface area (Å²) in [5.41, 5.74) is 7.52. The molecule has 0 aromatic heterocycles. The van der Waals surface area contributed by atoms with E-state index in [9.17, 15) is 0 Å². The monoisotopic (exact) mass is 170 g/mol. The molecule has 0 unspecified atom stereocenters. The Bertz CT molecular complexity index is 393. The van der Waals surface area contributed by atoms with Crippen molar-refractivity contribution in [2.45, 2.75) is 0 Å². The highest BCUT2D eigenvalue weighted by atomic mass is 14.6. The number of quaternary nitrogens is 1. The van der Waals surface area contributed by atoms with Crippen LogP contribution < -0.4 is 5.73 Å². The molecular formula is C12H12N+. The second-order valence-electron chi connectivity index (χ2n) is 3.02. The summed E-state index contributed by atoms with van der Waals surface area (Å²) >= 11 is 0. The van der Waals surface area contributed by atoms with Crippen molar-refractivity contribution in [2.24, 2.45) is 0 Å². The Morgan fingerprint density at radius 2 is 1.31 bits per heavy atom. The number of rotatable bonds is 1. The Hall–Kier alpha value is -1.60. The Kier molecular flexibility index (Phi) is 2.11. The molecule has 0 aliphatic rings. The fourth-order valence-corrected chi connectivity index (χ4v) is 1.42. The summed E-state index contributed by atoms with van der Waals surface area (Å²) in [7, 11) is 0. The summed E-state index contributed by atoms with van der Waals surface area (Å²) < 4.78 is 0. The topological polar surface area (TPSA) is 27.6 Å². The maximum Gasteiger partial charge on any atom is 0.135 e. The molecule has 0 fully saturated rings. The molecule has 0 amide bonds. The standard InChI is InChI=1S/C12H11N/c13-12-9-5-4-8-11(12)10-6-2-1-3-7-10/h1-9H,13H2/p+1. The second kappa shape index (κ2) is 3.42. The van der Waals surface area contributed by atoms with E-state index in [1.807, 2.05) is 36.4 Å². The van der Waals surface area contributed by atoms with E-state index in [-0.39, 0.29) is 0 Å². The highest BCUT2D eigenvalue weighted by Crippen LogP contribution is 2.23. The van der Waals surface area contributed by atoms with E-state index >= 15 is 0 Å². The van der Waals surface area contributed by atoms with Crippen LogP contribution in [0, 0.1) is 0 Å². The molecule has 0 radical (unpaired) electrons. The fourth-order valence-electron chi connectivity index (χ4n) is 1.42. The lowest BCUT2D eigenvalue weighted by atomic mass is 10.0. The first kappa shape index (κ1) is 8.02. The Balaban J connectivity index is 2.54. The van der Waals surface area contributed by atoms with Crippen molar-refractivity contribution in [1.29, 1.82) is 0 Å². The first-order valence-corrected chi connectivity index (χ1v) is 4.34. The predicted octanol–water partition coefficient (Wildman–Crippen LogP) is 2.23. The number of hydrogen-bond acceptors (Lipinski definition) is 0. The lowest BCUT2D eigenvalue weighted by Gasteiger charge is -2.01. The Labute approximate surface area is 77.8 Å². The average Bonchev–Trinajstić information content (AvgIpc) is 2.20. The number of hydrogen-bond donors (Lipinski definition) is 1. The van der Waals surface area contributed by atoms with Crippen molar-refractivity contribution >= 4 is 5.69 Å². The van der Waals surface area contributed by atoms with Gasteiger partial charge in [0.15, 0.2) is 0 Å². The van der Waals surface area contributed by atoms with Crippen molar-refractivity contribution in [3.05, 3.63) is 54.6 Å². The molecule has 0 spiro atoms. The minimum atomic E-state index is 1.08. The van der Waals surface area contributed by atoms with Gasteiger partial charge in [-0.2, -0.15) is 0 Å². The second-order valence-corrected chi connectivity index (χ2v) is 3.02. The van der Waals surface area contributed by atoms with Crippen LogP contribution in [0.15, 0.2) is 54.6 Å². The highest BCUT2D eigenvalue weighted by molar-refractivity contribution is 5.72. The van der Waals surface area contributed by atoms with Gasteiger partial charge < -0.3 is 5.73 Å². The zero-order valence-electron chi connectivity index (χ0n) is 7.40. The van der Waals surface area contributed by atoms with Crippen molar-refractivity contribution in [1.82, 2.24) is 0 Å². The molecule has 0 bridgehead atoms. The smallest absolute Gasteiger partial charge is 0.135 e. The van der Waals surface area contributed by atoms with Gasteiger partial charge in [0.25, 0.3) is 0 Å². The third-order valence-corrected chi connectivity index (χ3v) is 2.10. The molecule has 0 aliphatic heterocycles. The van der Waals surface area contributed by atoms with Crippen LogP contribution in [0.25, 0.3) is 11.1 Å². The molecule has 1 nitrogen and oxygen atoms in total. The van der Waals surface area contributed by atoms with Crippen LogP contribution in [0.1, 0.15) is 0 Å². The molecular weight excluding hydrogens is 158 g/mol. The van der Waals surface area contributed by atoms with E-state index < -0.39 is 0 Å². The van der Waals surface area contributed by atoms with E-state index in [1.54, 1.807) is 0 Å². The van der Waals surface area contributed by atoms with Crippen LogP contribution in [0.3, 0.4) is 0 Å². The Morgan fingerprint density at radius 1 is 0.692 bits per heavy atom. The first-order chi connectivity index (χ1) is 6.38. The van der Waals surface area contributed by atoms with Crippen molar-refractivity contribution in [3.8, 4) is 11.1 Å². The van der Waals surface area contributed by atoms with Crippen molar-refractivity contribution in [2.75, 3.05) is 0 Å². The summed E-state index contributed by atoms with van der Waals surface area (Å²) in [5, 5.41) is 0. The lowest BCUT2D eigenvalue weighted by molar-refractivity contribution is -0.253. The molecule has 2 aromatic carbocycles. The zero-order valence-corrected chi connectivity index (χ0v) is 7.40. The third kappa shape index (κ3) is 1.60. The van der Waals surface area contributed by atoms with Crippen LogP contribution in [0.4, 0.5) is 5.69 Å². The van der Waals surface area contributed by atoms with Gasteiger partial charge in [-0.3, -0.25) is 0 Å². The Morgan fingerprint density at radius 3 is 2.00 bits per heavy atom. The van der Waals surface area contributed by atoms with Gasteiger partial charge in [-0.25, -0.2) is 0 Å². The van der Waals surface area contributed by atoms with Gasteiger partial charge in [-0.1, -0.05) is 42.5 Å². The van der Waals surface area contributed by atoms with E-state index in [2.05, 4.69) is 23.9 Å². The molecule has 0 saturated heterocycles. The molecule has 1 heteroatoms. The normalized spacial score (nSPS) is 9.92. The van der Waals surface area contributed by atoms with E-state index in [0.717, 1.165) is 5.69 Å². The average molecular weight is 170 g/mol. The van der Waals surface area contributed by atoms with Crippen LogP contribution >= 0.6 is 0 Å². The van der Waals surface area contributed by atoms with E-state index in [1.165, 1.54) is 11.1 Å². The molecule has 64 valence electrons. The zero-order chi connectivity index (χ0) is 9.10. The summed E-state index contributed by atoms with van der Waals surface area (Å²) in [6.07, 6.45) is 0. The highest BCUT2D eigenvalue weighted by Gasteiger charge is 2.01. The molecule has 2 rings (SSSR count).